The molecule has 0 saturated heterocycles. The molecule has 0 aliphatic rings. The molecule has 1 unspecified atom stereocenters. The first-order valence-corrected chi connectivity index (χ1v) is 9.04. The normalized spacial score (nSPS) is 12.4. The maximum atomic E-state index is 10.1. The van der Waals surface area contributed by atoms with Gasteiger partial charge in [0.2, 0.25) is 0 Å². The smallest absolute Gasteiger partial charge is 0.0764 e. The topological polar surface area (TPSA) is 25.2 Å². The average molecular weight is 333 g/mol. The fourth-order valence-corrected chi connectivity index (χ4v) is 3.92. The number of rotatable bonds is 5. The van der Waals surface area contributed by atoms with Gasteiger partial charge in [0, 0.05) is 29.9 Å². The Kier molecular flexibility index (Phi) is 5.10. The lowest BCUT2D eigenvalue weighted by molar-refractivity contribution is 0.198. The Labute approximate surface area is 150 Å². The molecule has 0 aliphatic carbocycles. The summed E-state index contributed by atoms with van der Waals surface area (Å²) in [5, 5.41) is 10.1. The van der Waals surface area contributed by atoms with E-state index in [9.17, 15) is 5.11 Å². The molecule has 0 amide bonds. The minimum Gasteiger partial charge on any atom is -0.389 e. The first kappa shape index (κ1) is 17.5. The highest BCUT2D eigenvalue weighted by Gasteiger charge is 2.19. The average Bonchev–Trinajstić information content (AvgIpc) is 2.85. The fraction of sp³-hybridized carbons (Fsp3) is 0.304. The van der Waals surface area contributed by atoms with Crippen LogP contribution in [0.4, 0.5) is 0 Å². The van der Waals surface area contributed by atoms with Crippen LogP contribution in [0.3, 0.4) is 0 Å². The summed E-state index contributed by atoms with van der Waals surface area (Å²) in [7, 11) is 0. The van der Waals surface area contributed by atoms with Gasteiger partial charge in [-0.15, -0.1) is 0 Å². The van der Waals surface area contributed by atoms with E-state index < -0.39 is 6.10 Å². The number of aromatic nitrogens is 1. The molecule has 0 bridgehead atoms. The van der Waals surface area contributed by atoms with Crippen LogP contribution >= 0.6 is 0 Å². The summed E-state index contributed by atoms with van der Waals surface area (Å²) >= 11 is 0. The van der Waals surface area contributed by atoms with Gasteiger partial charge in [-0.25, -0.2) is 0 Å². The second-order valence-electron chi connectivity index (χ2n) is 6.69. The predicted molar refractivity (Wildman–Crippen MR) is 105 cm³/mol. The van der Waals surface area contributed by atoms with E-state index in [4.69, 9.17) is 0 Å². The molecule has 130 valence electrons. The largest absolute Gasteiger partial charge is 0.389 e. The quantitative estimate of drug-likeness (QED) is 0.661. The fourth-order valence-electron chi connectivity index (χ4n) is 3.92. The van der Waals surface area contributed by atoms with Gasteiger partial charge >= 0.3 is 0 Å². The van der Waals surface area contributed by atoms with Gasteiger partial charge in [-0.1, -0.05) is 54.6 Å². The summed E-state index contributed by atoms with van der Waals surface area (Å²) < 4.78 is 2.39. The van der Waals surface area contributed by atoms with Crippen molar-refractivity contribution in [1.82, 2.24) is 4.57 Å². The van der Waals surface area contributed by atoms with Crippen molar-refractivity contribution in [2.45, 2.75) is 46.8 Å². The van der Waals surface area contributed by atoms with Gasteiger partial charge in [0.15, 0.2) is 0 Å². The third-order valence-electron chi connectivity index (χ3n) is 5.16. The number of aliphatic hydroxyl groups excluding tert-OH is 1. The van der Waals surface area contributed by atoms with E-state index in [0.717, 1.165) is 18.5 Å². The lowest BCUT2D eigenvalue weighted by Crippen LogP contribution is -2.02. The highest BCUT2D eigenvalue weighted by molar-refractivity contribution is 5.72. The summed E-state index contributed by atoms with van der Waals surface area (Å²) in [6.45, 7) is 9.43. The monoisotopic (exact) mass is 333 g/mol. The first-order valence-electron chi connectivity index (χ1n) is 9.04. The molecule has 1 atom stereocenters. The molecule has 0 spiro atoms. The number of hydrogen-bond acceptors (Lipinski definition) is 1. The van der Waals surface area contributed by atoms with Crippen molar-refractivity contribution in [2.24, 2.45) is 0 Å². The van der Waals surface area contributed by atoms with E-state index in [-0.39, 0.29) is 0 Å². The van der Waals surface area contributed by atoms with Gasteiger partial charge in [-0.05, 0) is 49.9 Å². The van der Waals surface area contributed by atoms with E-state index in [2.05, 4.69) is 67.8 Å². The highest BCUT2D eigenvalue weighted by Crippen LogP contribution is 2.35. The molecule has 25 heavy (non-hydrogen) atoms. The molecule has 0 aliphatic heterocycles. The van der Waals surface area contributed by atoms with Gasteiger partial charge < -0.3 is 9.67 Å². The van der Waals surface area contributed by atoms with Gasteiger partial charge in [-0.3, -0.25) is 0 Å². The standard InChI is InChI=1S/C23H27NO/c1-5-24-16(2)22(15-20-13-9-10-14-21(20)18(4)25)23(17(24)3)19-11-7-6-8-12-19/h6-14,18,25H,5,15H2,1-4H3. The van der Waals surface area contributed by atoms with Crippen molar-refractivity contribution >= 4 is 0 Å². The van der Waals surface area contributed by atoms with Gasteiger partial charge in [0.1, 0.15) is 0 Å². The van der Waals surface area contributed by atoms with Crippen LogP contribution in [0.5, 0.6) is 0 Å². The van der Waals surface area contributed by atoms with Crippen molar-refractivity contribution < 1.29 is 5.11 Å². The Balaban J connectivity index is 2.17. The zero-order chi connectivity index (χ0) is 18.0. The molecule has 0 saturated carbocycles. The minimum absolute atomic E-state index is 0.453. The van der Waals surface area contributed by atoms with Crippen LogP contribution in [0.15, 0.2) is 54.6 Å². The Morgan fingerprint density at radius 2 is 1.56 bits per heavy atom. The summed E-state index contributed by atoms with van der Waals surface area (Å²) in [5.74, 6) is 0. The predicted octanol–water partition coefficient (Wildman–Crippen LogP) is 5.44. The SMILES string of the molecule is CCn1c(C)c(Cc2ccccc2C(C)O)c(-c2ccccc2)c1C. The van der Waals surface area contributed by atoms with E-state index in [1.54, 1.807) is 0 Å². The molecular formula is C23H27NO. The molecule has 1 aromatic heterocycles. The van der Waals surface area contributed by atoms with Crippen molar-refractivity contribution in [1.29, 1.82) is 0 Å². The maximum absolute atomic E-state index is 10.1. The first-order chi connectivity index (χ1) is 12.0. The zero-order valence-corrected chi connectivity index (χ0v) is 15.6. The van der Waals surface area contributed by atoms with Crippen LogP contribution in [-0.2, 0) is 13.0 Å². The summed E-state index contributed by atoms with van der Waals surface area (Å²) in [4.78, 5) is 0. The molecule has 0 radical (unpaired) electrons. The number of benzene rings is 2. The summed E-state index contributed by atoms with van der Waals surface area (Å²) in [5.41, 5.74) is 8.81. The number of aliphatic hydroxyl groups is 1. The number of nitrogens with zero attached hydrogens (tertiary/aromatic N) is 1. The molecule has 2 heteroatoms. The summed E-state index contributed by atoms with van der Waals surface area (Å²) in [6, 6.07) is 18.8. The van der Waals surface area contributed by atoms with Crippen LogP contribution in [-0.4, -0.2) is 9.67 Å². The zero-order valence-electron chi connectivity index (χ0n) is 15.6. The van der Waals surface area contributed by atoms with Crippen LogP contribution in [0.25, 0.3) is 11.1 Å². The van der Waals surface area contributed by atoms with Gasteiger partial charge in [-0.2, -0.15) is 0 Å². The van der Waals surface area contributed by atoms with Crippen LogP contribution in [0.2, 0.25) is 0 Å². The van der Waals surface area contributed by atoms with Crippen molar-refractivity contribution in [3.05, 3.63) is 82.7 Å². The van der Waals surface area contributed by atoms with Crippen LogP contribution in [0, 0.1) is 13.8 Å². The molecule has 2 aromatic carbocycles. The minimum atomic E-state index is -0.453. The summed E-state index contributed by atoms with van der Waals surface area (Å²) in [6.07, 6.45) is 0.386. The molecule has 1 N–H and O–H groups in total. The Morgan fingerprint density at radius 1 is 0.920 bits per heavy atom. The van der Waals surface area contributed by atoms with E-state index in [1.807, 2.05) is 19.1 Å². The highest BCUT2D eigenvalue weighted by atomic mass is 16.3. The third kappa shape index (κ3) is 3.27. The maximum Gasteiger partial charge on any atom is 0.0764 e. The van der Waals surface area contributed by atoms with E-state index in [0.29, 0.717) is 0 Å². The third-order valence-corrected chi connectivity index (χ3v) is 5.16. The molecule has 3 aromatic rings. The van der Waals surface area contributed by atoms with Gasteiger partial charge in [0.05, 0.1) is 6.10 Å². The molecule has 3 rings (SSSR count). The Morgan fingerprint density at radius 3 is 2.20 bits per heavy atom. The molecule has 2 nitrogen and oxygen atoms in total. The van der Waals surface area contributed by atoms with Crippen molar-refractivity contribution in [2.75, 3.05) is 0 Å². The van der Waals surface area contributed by atoms with Crippen molar-refractivity contribution in [3.8, 4) is 11.1 Å². The second-order valence-corrected chi connectivity index (χ2v) is 6.69. The molecular weight excluding hydrogens is 306 g/mol. The lowest BCUT2D eigenvalue weighted by atomic mass is 9.92. The molecule has 0 fully saturated rings. The van der Waals surface area contributed by atoms with Crippen LogP contribution < -0.4 is 0 Å². The van der Waals surface area contributed by atoms with E-state index in [1.165, 1.54) is 33.6 Å². The van der Waals surface area contributed by atoms with Gasteiger partial charge in [0.25, 0.3) is 0 Å². The Bertz CT molecular complexity index is 859. The second kappa shape index (κ2) is 7.28. The lowest BCUT2D eigenvalue weighted by Gasteiger charge is -2.13. The van der Waals surface area contributed by atoms with Crippen molar-refractivity contribution in [3.63, 3.8) is 0 Å². The number of hydrogen-bond donors (Lipinski definition) is 1. The Hall–Kier alpha value is -2.32. The van der Waals surface area contributed by atoms with Crippen LogP contribution in [0.1, 0.15) is 48.0 Å². The molecule has 1 heterocycles. The van der Waals surface area contributed by atoms with E-state index >= 15 is 0 Å².